The van der Waals surface area contributed by atoms with Gasteiger partial charge >= 0.3 is 0 Å². The van der Waals surface area contributed by atoms with Gasteiger partial charge in [-0.25, -0.2) is 19.0 Å². The molecule has 1 N–H and O–H groups in total. The minimum Gasteiger partial charge on any atom is -0.341 e. The highest BCUT2D eigenvalue weighted by Gasteiger charge is 2.25. The third-order valence-electron chi connectivity index (χ3n) is 4.96. The SMILES string of the molecule is Cc1nc(C)n(C[C@@H]2CCCCN2Cc2nc3c(F)cccc3[nH]2)n1. The van der Waals surface area contributed by atoms with Crippen molar-refractivity contribution in [2.45, 2.75) is 52.2 Å². The molecule has 2 aromatic heterocycles. The number of nitrogens with zero attached hydrogens (tertiary/aromatic N) is 5. The Morgan fingerprint density at radius 3 is 2.88 bits per heavy atom. The van der Waals surface area contributed by atoms with Crippen molar-refractivity contribution in [2.24, 2.45) is 0 Å². The molecule has 4 rings (SSSR count). The molecule has 1 atom stereocenters. The Morgan fingerprint density at radius 2 is 2.12 bits per heavy atom. The summed E-state index contributed by atoms with van der Waals surface area (Å²) in [6.07, 6.45) is 3.54. The van der Waals surface area contributed by atoms with Gasteiger partial charge in [0.2, 0.25) is 0 Å². The van der Waals surface area contributed by atoms with Crippen molar-refractivity contribution in [3.63, 3.8) is 0 Å². The summed E-state index contributed by atoms with van der Waals surface area (Å²) in [7, 11) is 0. The van der Waals surface area contributed by atoms with Crippen LogP contribution in [0.3, 0.4) is 0 Å². The fourth-order valence-electron chi connectivity index (χ4n) is 3.72. The van der Waals surface area contributed by atoms with Crippen molar-refractivity contribution >= 4 is 11.0 Å². The molecule has 132 valence electrons. The molecule has 0 bridgehead atoms. The Hall–Kier alpha value is -2.28. The Balaban J connectivity index is 1.54. The molecule has 0 saturated carbocycles. The van der Waals surface area contributed by atoms with Crippen LogP contribution in [-0.4, -0.2) is 42.2 Å². The second-order valence-electron chi connectivity index (χ2n) is 6.83. The van der Waals surface area contributed by atoms with Gasteiger partial charge in [-0.05, 0) is 45.4 Å². The van der Waals surface area contributed by atoms with E-state index >= 15 is 0 Å². The summed E-state index contributed by atoms with van der Waals surface area (Å²) in [6.45, 7) is 6.48. The number of nitrogens with one attached hydrogen (secondary N) is 1. The van der Waals surface area contributed by atoms with Crippen LogP contribution in [-0.2, 0) is 13.1 Å². The molecular formula is C18H23FN6. The predicted octanol–water partition coefficient (Wildman–Crippen LogP) is 2.97. The summed E-state index contributed by atoms with van der Waals surface area (Å²) in [5.74, 6) is 2.31. The minimum absolute atomic E-state index is 0.274. The van der Waals surface area contributed by atoms with Crippen LogP contribution in [0.4, 0.5) is 4.39 Å². The van der Waals surface area contributed by atoms with Crippen LogP contribution in [0.5, 0.6) is 0 Å². The van der Waals surface area contributed by atoms with E-state index in [0.717, 1.165) is 42.5 Å². The number of aromatic nitrogens is 5. The molecule has 1 aliphatic heterocycles. The van der Waals surface area contributed by atoms with Crippen molar-refractivity contribution in [1.82, 2.24) is 29.6 Å². The number of benzene rings is 1. The molecular weight excluding hydrogens is 319 g/mol. The monoisotopic (exact) mass is 342 g/mol. The van der Waals surface area contributed by atoms with E-state index in [-0.39, 0.29) is 5.82 Å². The second-order valence-corrected chi connectivity index (χ2v) is 6.83. The molecule has 0 aliphatic carbocycles. The van der Waals surface area contributed by atoms with Gasteiger partial charge in [-0.1, -0.05) is 12.5 Å². The maximum atomic E-state index is 13.9. The molecule has 6 nitrogen and oxygen atoms in total. The predicted molar refractivity (Wildman–Crippen MR) is 93.6 cm³/mol. The average molecular weight is 342 g/mol. The van der Waals surface area contributed by atoms with Gasteiger partial charge in [0, 0.05) is 6.04 Å². The van der Waals surface area contributed by atoms with E-state index in [1.165, 1.54) is 18.9 Å². The zero-order valence-electron chi connectivity index (χ0n) is 14.7. The number of rotatable bonds is 4. The molecule has 1 aromatic carbocycles. The Bertz CT molecular complexity index is 883. The zero-order valence-corrected chi connectivity index (χ0v) is 14.7. The van der Waals surface area contributed by atoms with E-state index in [4.69, 9.17) is 0 Å². The lowest BCUT2D eigenvalue weighted by atomic mass is 10.0. The molecule has 0 amide bonds. The standard InChI is InChI=1S/C18H23FN6/c1-12-20-13(2)25(23-12)10-14-6-3-4-9-24(14)11-17-21-16-8-5-7-15(19)18(16)22-17/h5,7-8,14H,3-4,6,9-11H2,1-2H3,(H,21,22)/t14-/m0/s1. The first-order valence-corrected chi connectivity index (χ1v) is 8.85. The number of hydrogen-bond acceptors (Lipinski definition) is 4. The number of imidazole rings is 1. The lowest BCUT2D eigenvalue weighted by Crippen LogP contribution is -2.42. The summed E-state index contributed by atoms with van der Waals surface area (Å²) in [5.41, 5.74) is 1.18. The van der Waals surface area contributed by atoms with Crippen LogP contribution in [0.25, 0.3) is 11.0 Å². The summed E-state index contributed by atoms with van der Waals surface area (Å²) in [5, 5.41) is 4.50. The Labute approximate surface area is 146 Å². The maximum Gasteiger partial charge on any atom is 0.151 e. The molecule has 0 radical (unpaired) electrons. The summed E-state index contributed by atoms with van der Waals surface area (Å²) in [6, 6.07) is 5.42. The van der Waals surface area contributed by atoms with Crippen LogP contribution in [0.1, 0.15) is 36.7 Å². The number of fused-ring (bicyclic) bond motifs is 1. The molecule has 0 spiro atoms. The maximum absolute atomic E-state index is 13.9. The Kier molecular flexibility index (Phi) is 4.25. The molecule has 1 fully saturated rings. The fraction of sp³-hybridized carbons (Fsp3) is 0.500. The van der Waals surface area contributed by atoms with Crippen molar-refractivity contribution in [3.8, 4) is 0 Å². The molecule has 0 unspecified atom stereocenters. The lowest BCUT2D eigenvalue weighted by molar-refractivity contribution is 0.118. The molecule has 3 aromatic rings. The average Bonchev–Trinajstić information content (AvgIpc) is 3.13. The first-order chi connectivity index (χ1) is 12.1. The first kappa shape index (κ1) is 16.2. The molecule has 25 heavy (non-hydrogen) atoms. The van der Waals surface area contributed by atoms with E-state index < -0.39 is 0 Å². The number of hydrogen-bond donors (Lipinski definition) is 1. The minimum atomic E-state index is -0.274. The highest BCUT2D eigenvalue weighted by Crippen LogP contribution is 2.22. The number of likely N-dealkylation sites (tertiary alicyclic amines) is 1. The number of piperidine rings is 1. The third kappa shape index (κ3) is 3.28. The normalized spacial score (nSPS) is 18.9. The zero-order chi connectivity index (χ0) is 17.4. The first-order valence-electron chi connectivity index (χ1n) is 8.85. The topological polar surface area (TPSA) is 62.6 Å². The summed E-state index contributed by atoms with van der Waals surface area (Å²) >= 11 is 0. The van der Waals surface area contributed by atoms with Gasteiger partial charge in [0.1, 0.15) is 23.0 Å². The number of halogens is 1. The van der Waals surface area contributed by atoms with E-state index in [1.807, 2.05) is 24.6 Å². The van der Waals surface area contributed by atoms with E-state index in [9.17, 15) is 4.39 Å². The van der Waals surface area contributed by atoms with Crippen molar-refractivity contribution in [1.29, 1.82) is 0 Å². The van der Waals surface area contributed by atoms with Crippen molar-refractivity contribution in [2.75, 3.05) is 6.54 Å². The van der Waals surface area contributed by atoms with Crippen molar-refractivity contribution in [3.05, 3.63) is 41.5 Å². The van der Waals surface area contributed by atoms with E-state index in [1.54, 1.807) is 6.07 Å². The number of aromatic amines is 1. The molecule has 1 saturated heterocycles. The quantitative estimate of drug-likeness (QED) is 0.792. The van der Waals surface area contributed by atoms with Crippen LogP contribution in [0.2, 0.25) is 0 Å². The molecule has 1 aliphatic rings. The van der Waals surface area contributed by atoms with E-state index in [0.29, 0.717) is 18.1 Å². The molecule has 3 heterocycles. The van der Waals surface area contributed by atoms with E-state index in [2.05, 4.69) is 25.0 Å². The van der Waals surface area contributed by atoms with Crippen LogP contribution < -0.4 is 0 Å². The van der Waals surface area contributed by atoms with Gasteiger partial charge in [-0.2, -0.15) is 5.10 Å². The number of aryl methyl sites for hydroxylation is 2. The summed E-state index contributed by atoms with van der Waals surface area (Å²) in [4.78, 5) is 14.5. The van der Waals surface area contributed by atoms with Gasteiger partial charge < -0.3 is 4.98 Å². The highest BCUT2D eigenvalue weighted by molar-refractivity contribution is 5.75. The summed E-state index contributed by atoms with van der Waals surface area (Å²) < 4.78 is 15.9. The number of para-hydroxylation sites is 1. The second kappa shape index (κ2) is 6.55. The smallest absolute Gasteiger partial charge is 0.151 e. The third-order valence-corrected chi connectivity index (χ3v) is 4.96. The number of H-pyrrole nitrogens is 1. The van der Waals surface area contributed by atoms with Crippen LogP contribution >= 0.6 is 0 Å². The lowest BCUT2D eigenvalue weighted by Gasteiger charge is -2.35. The van der Waals surface area contributed by atoms with Gasteiger partial charge in [-0.15, -0.1) is 0 Å². The fourth-order valence-corrected chi connectivity index (χ4v) is 3.72. The van der Waals surface area contributed by atoms with Crippen LogP contribution in [0.15, 0.2) is 18.2 Å². The highest BCUT2D eigenvalue weighted by atomic mass is 19.1. The Morgan fingerprint density at radius 1 is 1.24 bits per heavy atom. The largest absolute Gasteiger partial charge is 0.341 e. The molecule has 7 heteroatoms. The van der Waals surface area contributed by atoms with Gasteiger partial charge in [-0.3, -0.25) is 4.90 Å². The van der Waals surface area contributed by atoms with Gasteiger partial charge in [0.05, 0.1) is 18.6 Å². The van der Waals surface area contributed by atoms with Gasteiger partial charge in [0.15, 0.2) is 5.82 Å². The van der Waals surface area contributed by atoms with Gasteiger partial charge in [0.25, 0.3) is 0 Å². The van der Waals surface area contributed by atoms with Crippen molar-refractivity contribution < 1.29 is 4.39 Å². The van der Waals surface area contributed by atoms with Crippen LogP contribution in [0, 0.1) is 19.7 Å².